The Bertz CT molecular complexity index is 670. The maximum Gasteiger partial charge on any atom is 0.359 e. The summed E-state index contributed by atoms with van der Waals surface area (Å²) in [5.41, 5.74) is 0.198. The van der Waals surface area contributed by atoms with Crippen molar-refractivity contribution in [1.82, 2.24) is 4.73 Å². The lowest BCUT2D eigenvalue weighted by molar-refractivity contribution is 0.0480. The molecule has 1 aromatic carbocycles. The third-order valence-corrected chi connectivity index (χ3v) is 2.72. The van der Waals surface area contributed by atoms with E-state index < -0.39 is 5.97 Å². The minimum Gasteiger partial charge on any atom is -0.461 e. The van der Waals surface area contributed by atoms with Crippen LogP contribution >= 0.6 is 11.6 Å². The van der Waals surface area contributed by atoms with Gasteiger partial charge in [0.05, 0.1) is 17.7 Å². The van der Waals surface area contributed by atoms with Crippen molar-refractivity contribution in [3.8, 4) is 6.07 Å². The second-order valence-corrected chi connectivity index (χ2v) is 3.97. The van der Waals surface area contributed by atoms with Gasteiger partial charge in [0, 0.05) is 10.4 Å². The maximum absolute atomic E-state index is 11.7. The molecule has 0 aliphatic heterocycles. The lowest BCUT2D eigenvalue weighted by Crippen LogP contribution is -2.11. The van der Waals surface area contributed by atoms with Gasteiger partial charge in [-0.1, -0.05) is 11.6 Å². The molecule has 0 saturated heterocycles. The Morgan fingerprint density at radius 3 is 2.94 bits per heavy atom. The Hall–Kier alpha value is -2.19. The van der Waals surface area contributed by atoms with Gasteiger partial charge in [0.1, 0.15) is 6.07 Å². The van der Waals surface area contributed by atoms with E-state index in [4.69, 9.17) is 21.6 Å². The van der Waals surface area contributed by atoms with Crippen molar-refractivity contribution in [1.29, 1.82) is 5.26 Å². The van der Waals surface area contributed by atoms with Crippen molar-refractivity contribution in [3.05, 3.63) is 34.5 Å². The summed E-state index contributed by atoms with van der Waals surface area (Å²) in [7, 11) is 0. The van der Waals surface area contributed by atoms with Crippen molar-refractivity contribution in [2.24, 2.45) is 0 Å². The molecule has 1 N–H and O–H groups in total. The number of benzene rings is 1. The maximum atomic E-state index is 11.7. The van der Waals surface area contributed by atoms with E-state index in [9.17, 15) is 10.0 Å². The van der Waals surface area contributed by atoms with Crippen molar-refractivity contribution < 1.29 is 14.7 Å². The Kier molecular flexibility index (Phi) is 3.13. The smallest absolute Gasteiger partial charge is 0.359 e. The second kappa shape index (κ2) is 4.59. The number of nitrogens with zero attached hydrogens (tertiary/aromatic N) is 2. The van der Waals surface area contributed by atoms with Crippen LogP contribution in [0.2, 0.25) is 5.02 Å². The van der Waals surface area contributed by atoms with Gasteiger partial charge < -0.3 is 9.94 Å². The second-order valence-electron chi connectivity index (χ2n) is 3.53. The minimum absolute atomic E-state index is 0.0495. The highest BCUT2D eigenvalue weighted by Crippen LogP contribution is 2.27. The Labute approximate surface area is 108 Å². The predicted molar refractivity (Wildman–Crippen MR) is 64.8 cm³/mol. The SMILES string of the molecule is CCOC(=O)c1c(C#N)c2cc(Cl)ccc2n1O. The van der Waals surface area contributed by atoms with E-state index in [1.165, 1.54) is 12.1 Å². The van der Waals surface area contributed by atoms with Gasteiger partial charge in [-0.15, -0.1) is 0 Å². The van der Waals surface area contributed by atoms with Crippen LogP contribution in [0.5, 0.6) is 0 Å². The molecule has 0 bridgehead atoms. The van der Waals surface area contributed by atoms with E-state index in [0.717, 1.165) is 0 Å². The molecule has 6 heteroatoms. The number of carbonyl (C=O) groups is 1. The quantitative estimate of drug-likeness (QED) is 0.668. The normalized spacial score (nSPS) is 10.3. The first-order valence-corrected chi connectivity index (χ1v) is 5.58. The molecule has 92 valence electrons. The zero-order valence-electron chi connectivity index (χ0n) is 9.48. The summed E-state index contributed by atoms with van der Waals surface area (Å²) in [6.07, 6.45) is 0. The summed E-state index contributed by atoms with van der Waals surface area (Å²) in [5.74, 6) is -0.746. The molecule has 0 aliphatic carbocycles. The van der Waals surface area contributed by atoms with Crippen LogP contribution < -0.4 is 0 Å². The van der Waals surface area contributed by atoms with Gasteiger partial charge in [0.15, 0.2) is 5.69 Å². The van der Waals surface area contributed by atoms with Crippen molar-refractivity contribution in [3.63, 3.8) is 0 Å². The summed E-state index contributed by atoms with van der Waals surface area (Å²) in [6, 6.07) is 6.50. The molecular weight excluding hydrogens is 256 g/mol. The molecule has 0 aliphatic rings. The number of rotatable bonds is 2. The highest BCUT2D eigenvalue weighted by molar-refractivity contribution is 6.31. The van der Waals surface area contributed by atoms with Crippen molar-refractivity contribution >= 4 is 28.5 Å². The van der Waals surface area contributed by atoms with Crippen LogP contribution in [0, 0.1) is 11.3 Å². The lowest BCUT2D eigenvalue weighted by Gasteiger charge is -2.02. The largest absolute Gasteiger partial charge is 0.461 e. The number of halogens is 1. The van der Waals surface area contributed by atoms with E-state index in [2.05, 4.69) is 0 Å². The number of carbonyl (C=O) groups excluding carboxylic acids is 1. The molecule has 1 heterocycles. The third kappa shape index (κ3) is 1.77. The highest BCUT2D eigenvalue weighted by Gasteiger charge is 2.24. The fourth-order valence-corrected chi connectivity index (χ4v) is 1.92. The summed E-state index contributed by atoms with van der Waals surface area (Å²) in [4.78, 5) is 11.7. The number of fused-ring (bicyclic) bond motifs is 1. The highest BCUT2D eigenvalue weighted by atomic mass is 35.5. The van der Waals surface area contributed by atoms with E-state index in [1.807, 2.05) is 6.07 Å². The summed E-state index contributed by atoms with van der Waals surface area (Å²) >= 11 is 5.83. The summed E-state index contributed by atoms with van der Waals surface area (Å²) in [6.45, 7) is 1.80. The summed E-state index contributed by atoms with van der Waals surface area (Å²) < 4.78 is 5.46. The van der Waals surface area contributed by atoms with Crippen molar-refractivity contribution in [2.45, 2.75) is 6.92 Å². The summed E-state index contributed by atoms with van der Waals surface area (Å²) in [5, 5.41) is 19.9. The van der Waals surface area contributed by atoms with Gasteiger partial charge in [0.25, 0.3) is 0 Å². The average molecular weight is 265 g/mol. The minimum atomic E-state index is -0.746. The molecule has 2 rings (SSSR count). The Balaban J connectivity index is 2.78. The van der Waals surface area contributed by atoms with Gasteiger partial charge in [-0.3, -0.25) is 0 Å². The Morgan fingerprint density at radius 2 is 2.33 bits per heavy atom. The monoisotopic (exact) mass is 264 g/mol. The number of aromatic nitrogens is 1. The standard InChI is InChI=1S/C12H9ClN2O3/c1-2-18-12(16)11-9(6-14)8-5-7(13)3-4-10(8)15(11)17/h3-5,17H,2H2,1H3. The van der Waals surface area contributed by atoms with Gasteiger partial charge in [-0.05, 0) is 25.1 Å². The number of esters is 1. The molecular formula is C12H9ClN2O3. The van der Waals surface area contributed by atoms with E-state index in [-0.39, 0.29) is 17.9 Å². The fraction of sp³-hybridized carbons (Fsp3) is 0.167. The van der Waals surface area contributed by atoms with Gasteiger partial charge in [-0.2, -0.15) is 9.99 Å². The molecule has 0 fully saturated rings. The molecule has 1 aromatic heterocycles. The van der Waals surface area contributed by atoms with Crippen LogP contribution in [0.4, 0.5) is 0 Å². The first kappa shape index (κ1) is 12.3. The molecule has 18 heavy (non-hydrogen) atoms. The molecule has 5 nitrogen and oxygen atoms in total. The molecule has 0 saturated carbocycles. The first-order chi connectivity index (χ1) is 8.60. The van der Waals surface area contributed by atoms with E-state index in [1.54, 1.807) is 13.0 Å². The average Bonchev–Trinajstić information content (AvgIpc) is 2.61. The fourth-order valence-electron chi connectivity index (χ4n) is 1.75. The predicted octanol–water partition coefficient (Wildman–Crippen LogP) is 2.58. The molecule has 0 atom stereocenters. The van der Waals surface area contributed by atoms with E-state index >= 15 is 0 Å². The van der Waals surface area contributed by atoms with Crippen LogP contribution in [0.25, 0.3) is 10.9 Å². The molecule has 0 radical (unpaired) electrons. The number of ether oxygens (including phenoxy) is 1. The van der Waals surface area contributed by atoms with Gasteiger partial charge >= 0.3 is 5.97 Å². The third-order valence-electron chi connectivity index (χ3n) is 2.49. The van der Waals surface area contributed by atoms with E-state index in [0.29, 0.717) is 20.7 Å². The molecule has 0 amide bonds. The van der Waals surface area contributed by atoms with Crippen LogP contribution in [0.3, 0.4) is 0 Å². The lowest BCUT2D eigenvalue weighted by atomic mass is 10.1. The zero-order valence-corrected chi connectivity index (χ0v) is 10.2. The van der Waals surface area contributed by atoms with Gasteiger partial charge in [0.2, 0.25) is 0 Å². The number of nitriles is 1. The van der Waals surface area contributed by atoms with Crippen LogP contribution in [-0.2, 0) is 4.74 Å². The zero-order chi connectivity index (χ0) is 13.3. The Morgan fingerprint density at radius 1 is 1.61 bits per heavy atom. The van der Waals surface area contributed by atoms with Crippen LogP contribution in [0.1, 0.15) is 23.0 Å². The molecule has 0 unspecified atom stereocenters. The molecule has 2 aromatic rings. The van der Waals surface area contributed by atoms with Crippen molar-refractivity contribution in [2.75, 3.05) is 6.61 Å². The van der Waals surface area contributed by atoms with Crippen LogP contribution in [0.15, 0.2) is 18.2 Å². The number of hydrogen-bond acceptors (Lipinski definition) is 4. The number of hydrogen-bond donors (Lipinski definition) is 1. The van der Waals surface area contributed by atoms with Gasteiger partial charge in [-0.25, -0.2) is 4.79 Å². The topological polar surface area (TPSA) is 75.2 Å². The molecule has 0 spiro atoms. The first-order valence-electron chi connectivity index (χ1n) is 5.20. The van der Waals surface area contributed by atoms with Crippen LogP contribution in [-0.4, -0.2) is 22.5 Å².